The first-order valence-electron chi connectivity index (χ1n) is 9.49. The van der Waals surface area contributed by atoms with E-state index in [9.17, 15) is 4.79 Å². The monoisotopic (exact) mass is 345 g/mol. The highest BCUT2D eigenvalue weighted by Crippen LogP contribution is 2.20. The van der Waals surface area contributed by atoms with E-state index in [4.69, 9.17) is 4.74 Å². The standard InChI is InChI=1S/C20H31N3O2/c1-22-12-9-18(10-13-22)23-11-3-4-17(15-23)21-20(24)14-16-5-7-19(25-2)8-6-16/h5-8,17-18H,3-4,9-15H2,1-2H3,(H,21,24)/t17-/m1/s1. The number of ether oxygens (including phenoxy) is 1. The van der Waals surface area contributed by atoms with Crippen LogP contribution < -0.4 is 10.1 Å². The Labute approximate surface area is 151 Å². The van der Waals surface area contributed by atoms with Crippen LogP contribution in [0, 0.1) is 0 Å². The first-order chi connectivity index (χ1) is 12.1. The lowest BCUT2D eigenvalue weighted by atomic mass is 9.98. The van der Waals surface area contributed by atoms with Crippen molar-refractivity contribution in [3.8, 4) is 5.75 Å². The Morgan fingerprint density at radius 1 is 1.16 bits per heavy atom. The van der Waals surface area contributed by atoms with Gasteiger partial charge >= 0.3 is 0 Å². The number of rotatable bonds is 5. The summed E-state index contributed by atoms with van der Waals surface area (Å²) < 4.78 is 5.16. The molecule has 2 heterocycles. The second-order valence-electron chi connectivity index (χ2n) is 7.46. The molecule has 1 N–H and O–H groups in total. The third-order valence-corrected chi connectivity index (χ3v) is 5.55. The Morgan fingerprint density at radius 3 is 2.56 bits per heavy atom. The molecule has 0 unspecified atom stereocenters. The summed E-state index contributed by atoms with van der Waals surface area (Å²) in [6.45, 7) is 4.56. The molecule has 0 spiro atoms. The molecule has 2 aliphatic rings. The summed E-state index contributed by atoms with van der Waals surface area (Å²) in [4.78, 5) is 17.4. The maximum Gasteiger partial charge on any atom is 0.224 e. The zero-order valence-corrected chi connectivity index (χ0v) is 15.5. The Morgan fingerprint density at radius 2 is 1.88 bits per heavy atom. The van der Waals surface area contributed by atoms with Crippen molar-refractivity contribution in [1.82, 2.24) is 15.1 Å². The number of benzene rings is 1. The van der Waals surface area contributed by atoms with Crippen LogP contribution in [0.25, 0.3) is 0 Å². The van der Waals surface area contributed by atoms with Crippen LogP contribution in [0.1, 0.15) is 31.2 Å². The number of methoxy groups -OCH3 is 1. The van der Waals surface area contributed by atoms with Gasteiger partial charge in [0.25, 0.3) is 0 Å². The minimum atomic E-state index is 0.125. The quantitative estimate of drug-likeness (QED) is 0.885. The number of amides is 1. The van der Waals surface area contributed by atoms with Gasteiger partial charge in [-0.15, -0.1) is 0 Å². The average molecular weight is 345 g/mol. The van der Waals surface area contributed by atoms with Gasteiger partial charge in [-0.05, 0) is 70.1 Å². The minimum absolute atomic E-state index is 0.125. The summed E-state index contributed by atoms with van der Waals surface area (Å²) in [7, 11) is 3.86. The summed E-state index contributed by atoms with van der Waals surface area (Å²) in [5.41, 5.74) is 1.03. The molecule has 138 valence electrons. The molecular weight excluding hydrogens is 314 g/mol. The third kappa shape index (κ3) is 5.19. The molecule has 2 aliphatic heterocycles. The van der Waals surface area contributed by atoms with Gasteiger partial charge in [-0.1, -0.05) is 12.1 Å². The van der Waals surface area contributed by atoms with Crippen LogP contribution in [0.2, 0.25) is 0 Å². The highest BCUT2D eigenvalue weighted by molar-refractivity contribution is 5.78. The maximum absolute atomic E-state index is 12.4. The molecule has 5 heteroatoms. The summed E-state index contributed by atoms with van der Waals surface area (Å²) in [6.07, 6.45) is 5.22. The maximum atomic E-state index is 12.4. The van der Waals surface area contributed by atoms with Crippen molar-refractivity contribution in [1.29, 1.82) is 0 Å². The van der Waals surface area contributed by atoms with Gasteiger partial charge < -0.3 is 15.0 Å². The summed E-state index contributed by atoms with van der Waals surface area (Å²) in [5.74, 6) is 0.950. The van der Waals surface area contributed by atoms with Gasteiger partial charge in [0, 0.05) is 18.6 Å². The topological polar surface area (TPSA) is 44.8 Å². The van der Waals surface area contributed by atoms with Gasteiger partial charge in [-0.3, -0.25) is 9.69 Å². The SMILES string of the molecule is COc1ccc(CC(=O)N[C@@H]2CCCN(C3CCN(C)CC3)C2)cc1. The van der Waals surface area contributed by atoms with Crippen LogP contribution in [0.15, 0.2) is 24.3 Å². The van der Waals surface area contributed by atoms with E-state index in [-0.39, 0.29) is 5.91 Å². The fourth-order valence-electron chi connectivity index (χ4n) is 4.02. The van der Waals surface area contributed by atoms with E-state index in [1.807, 2.05) is 24.3 Å². The highest BCUT2D eigenvalue weighted by atomic mass is 16.5. The van der Waals surface area contributed by atoms with E-state index in [0.717, 1.165) is 24.3 Å². The van der Waals surface area contributed by atoms with Gasteiger partial charge in [-0.2, -0.15) is 0 Å². The van der Waals surface area contributed by atoms with Gasteiger partial charge in [0.05, 0.1) is 13.5 Å². The van der Waals surface area contributed by atoms with Crippen molar-refractivity contribution in [2.45, 2.75) is 44.2 Å². The van der Waals surface area contributed by atoms with Gasteiger partial charge in [0.2, 0.25) is 5.91 Å². The average Bonchev–Trinajstić information content (AvgIpc) is 2.63. The molecule has 0 bridgehead atoms. The zero-order chi connectivity index (χ0) is 17.6. The smallest absolute Gasteiger partial charge is 0.224 e. The molecule has 3 rings (SSSR count). The first-order valence-corrected chi connectivity index (χ1v) is 9.49. The molecule has 2 fully saturated rings. The predicted octanol–water partition coefficient (Wildman–Crippen LogP) is 1.91. The van der Waals surface area contributed by atoms with Crippen molar-refractivity contribution >= 4 is 5.91 Å². The molecule has 1 amide bonds. The van der Waals surface area contributed by atoms with E-state index < -0.39 is 0 Å². The van der Waals surface area contributed by atoms with Crippen molar-refractivity contribution in [2.75, 3.05) is 40.3 Å². The van der Waals surface area contributed by atoms with Crippen LogP contribution >= 0.6 is 0 Å². The number of likely N-dealkylation sites (tertiary alicyclic amines) is 2. The Hall–Kier alpha value is -1.59. The normalized spacial score (nSPS) is 23.4. The number of carbonyl (C=O) groups excluding carboxylic acids is 1. The van der Waals surface area contributed by atoms with Crippen LogP contribution in [-0.4, -0.2) is 68.1 Å². The van der Waals surface area contributed by atoms with Crippen LogP contribution in [0.5, 0.6) is 5.75 Å². The van der Waals surface area contributed by atoms with Gasteiger partial charge in [0.15, 0.2) is 0 Å². The number of hydrogen-bond acceptors (Lipinski definition) is 4. The van der Waals surface area contributed by atoms with E-state index >= 15 is 0 Å². The fraction of sp³-hybridized carbons (Fsp3) is 0.650. The first kappa shape index (κ1) is 18.2. The summed E-state index contributed by atoms with van der Waals surface area (Å²) in [6, 6.07) is 8.72. The molecule has 0 radical (unpaired) electrons. The van der Waals surface area contributed by atoms with E-state index in [0.29, 0.717) is 18.5 Å². The number of nitrogens with one attached hydrogen (secondary N) is 1. The van der Waals surface area contributed by atoms with Crippen molar-refractivity contribution in [3.05, 3.63) is 29.8 Å². The van der Waals surface area contributed by atoms with Crippen molar-refractivity contribution in [2.24, 2.45) is 0 Å². The number of nitrogens with zero attached hydrogens (tertiary/aromatic N) is 2. The third-order valence-electron chi connectivity index (χ3n) is 5.55. The largest absolute Gasteiger partial charge is 0.497 e. The molecule has 5 nitrogen and oxygen atoms in total. The lowest BCUT2D eigenvalue weighted by molar-refractivity contribution is -0.121. The van der Waals surface area contributed by atoms with E-state index in [1.54, 1.807) is 7.11 Å². The highest BCUT2D eigenvalue weighted by Gasteiger charge is 2.28. The molecular formula is C20H31N3O2. The molecule has 25 heavy (non-hydrogen) atoms. The van der Waals surface area contributed by atoms with Crippen molar-refractivity contribution in [3.63, 3.8) is 0 Å². The van der Waals surface area contributed by atoms with Gasteiger partial charge in [-0.25, -0.2) is 0 Å². The van der Waals surface area contributed by atoms with E-state index in [2.05, 4.69) is 22.2 Å². The lowest BCUT2D eigenvalue weighted by Crippen LogP contribution is -2.53. The van der Waals surface area contributed by atoms with Crippen LogP contribution in [-0.2, 0) is 11.2 Å². The lowest BCUT2D eigenvalue weighted by Gasteiger charge is -2.41. The molecule has 1 aromatic carbocycles. The van der Waals surface area contributed by atoms with E-state index in [1.165, 1.54) is 38.9 Å². The second kappa shape index (κ2) is 8.68. The molecule has 1 aromatic rings. The second-order valence-corrected chi connectivity index (χ2v) is 7.46. The zero-order valence-electron chi connectivity index (χ0n) is 15.5. The fourth-order valence-corrected chi connectivity index (χ4v) is 4.02. The van der Waals surface area contributed by atoms with Crippen LogP contribution in [0.3, 0.4) is 0 Å². The Balaban J connectivity index is 1.47. The summed E-state index contributed by atoms with van der Waals surface area (Å²) in [5, 5.41) is 3.25. The molecule has 1 atom stereocenters. The number of carbonyl (C=O) groups is 1. The molecule has 0 saturated carbocycles. The Bertz CT molecular complexity index is 553. The molecule has 2 saturated heterocycles. The molecule has 0 aliphatic carbocycles. The summed E-state index contributed by atoms with van der Waals surface area (Å²) >= 11 is 0. The van der Waals surface area contributed by atoms with Gasteiger partial charge in [0.1, 0.15) is 5.75 Å². The number of piperidine rings is 2. The van der Waals surface area contributed by atoms with Crippen LogP contribution in [0.4, 0.5) is 0 Å². The predicted molar refractivity (Wildman–Crippen MR) is 100.0 cm³/mol. The minimum Gasteiger partial charge on any atom is -0.497 e. The number of hydrogen-bond donors (Lipinski definition) is 1. The van der Waals surface area contributed by atoms with Crippen molar-refractivity contribution < 1.29 is 9.53 Å². The molecule has 0 aromatic heterocycles. The Kier molecular flexibility index (Phi) is 6.32.